The Labute approximate surface area is 212 Å². The van der Waals surface area contributed by atoms with Gasteiger partial charge in [-0.3, -0.25) is 29.4 Å². The summed E-state index contributed by atoms with van der Waals surface area (Å²) in [4.78, 5) is 61.8. The van der Waals surface area contributed by atoms with Crippen LogP contribution in [0.3, 0.4) is 0 Å². The lowest BCUT2D eigenvalue weighted by molar-refractivity contribution is -0.149. The van der Waals surface area contributed by atoms with Gasteiger partial charge in [0.15, 0.2) is 0 Å². The van der Waals surface area contributed by atoms with Gasteiger partial charge < -0.3 is 16.0 Å². The van der Waals surface area contributed by atoms with Crippen molar-refractivity contribution in [1.82, 2.24) is 20.9 Å². The van der Waals surface area contributed by atoms with Crippen molar-refractivity contribution >= 4 is 46.9 Å². The monoisotopic (exact) mass is 509 g/mol. The summed E-state index contributed by atoms with van der Waals surface area (Å²) in [5.41, 5.74) is 3.17. The van der Waals surface area contributed by atoms with E-state index >= 15 is 0 Å². The maximum Gasteiger partial charge on any atom is 0.315 e. The largest absolute Gasteiger partial charge is 0.351 e. The first-order valence-corrected chi connectivity index (χ1v) is 11.6. The zero-order chi connectivity index (χ0) is 25.8. The van der Waals surface area contributed by atoms with Gasteiger partial charge in [-0.15, -0.1) is 0 Å². The molecule has 1 atom stereocenters. The molecule has 0 aliphatic carbocycles. The average Bonchev–Trinajstić information content (AvgIpc) is 3.11. The van der Waals surface area contributed by atoms with E-state index in [1.807, 2.05) is 19.1 Å². The van der Waals surface area contributed by atoms with E-state index in [1.165, 1.54) is 0 Å². The van der Waals surface area contributed by atoms with Gasteiger partial charge in [0, 0.05) is 36.3 Å². The number of carbonyl (C=O) groups excluding carboxylic acids is 5. The molecule has 0 saturated carbocycles. The highest BCUT2D eigenvalue weighted by Crippen LogP contribution is 2.23. The van der Waals surface area contributed by atoms with Crippen LogP contribution in [0.25, 0.3) is 0 Å². The lowest BCUT2D eigenvalue weighted by Crippen LogP contribution is -2.54. The third-order valence-electron chi connectivity index (χ3n) is 5.81. The quantitative estimate of drug-likeness (QED) is 0.422. The lowest BCUT2D eigenvalue weighted by Gasteiger charge is -2.28. The molecule has 2 aromatic carbocycles. The molecule has 10 nitrogen and oxygen atoms in total. The molecule has 1 saturated heterocycles. The molecule has 6 amide bonds. The Bertz CT molecular complexity index is 1290. The number of carbonyl (C=O) groups is 5. The highest BCUT2D eigenvalue weighted by atomic mass is 35.5. The van der Waals surface area contributed by atoms with Crippen molar-refractivity contribution in [2.24, 2.45) is 0 Å². The van der Waals surface area contributed by atoms with Gasteiger partial charge in [0.2, 0.25) is 11.8 Å². The molecule has 1 unspecified atom stereocenters. The summed E-state index contributed by atoms with van der Waals surface area (Å²) in [5.74, 6) is -2.36. The van der Waals surface area contributed by atoms with Crippen LogP contribution in [0.2, 0.25) is 5.02 Å². The Morgan fingerprint density at radius 2 is 1.78 bits per heavy atom. The van der Waals surface area contributed by atoms with Gasteiger partial charge in [-0.25, -0.2) is 4.79 Å². The highest BCUT2D eigenvalue weighted by Gasteiger charge is 2.42. The van der Waals surface area contributed by atoms with E-state index < -0.39 is 29.7 Å². The van der Waals surface area contributed by atoms with Crippen LogP contribution in [-0.2, 0) is 32.3 Å². The molecule has 2 heterocycles. The number of rotatable bonds is 7. The number of hydrogen-bond donors (Lipinski definition) is 4. The fourth-order valence-electron chi connectivity index (χ4n) is 3.96. The summed E-state index contributed by atoms with van der Waals surface area (Å²) in [6.07, 6.45) is 1.27. The first-order chi connectivity index (χ1) is 17.2. The van der Waals surface area contributed by atoms with Crippen molar-refractivity contribution in [1.29, 1.82) is 0 Å². The number of benzene rings is 2. The molecule has 2 aromatic rings. The van der Waals surface area contributed by atoms with Crippen LogP contribution in [0.15, 0.2) is 54.2 Å². The third-order valence-corrected chi connectivity index (χ3v) is 6.23. The standard InChI is InChI=1S/C25H24ClN5O5/c1-14-9-16(5-6-18(14)26)13-28-25(36)27-12-15-3-2-4-17(10-15)29-19-11-22(33)31(24(19)35)20-7-8-21(32)30-23(20)34/h2-6,9-11,20,29H,7-8,12-13H2,1H3,(H2,27,28,36)(H,30,32,34). The second kappa shape index (κ2) is 10.6. The van der Waals surface area contributed by atoms with Crippen molar-refractivity contribution in [2.75, 3.05) is 5.32 Å². The topological polar surface area (TPSA) is 137 Å². The first-order valence-electron chi connectivity index (χ1n) is 11.3. The minimum Gasteiger partial charge on any atom is -0.351 e. The second-order valence-electron chi connectivity index (χ2n) is 8.48. The van der Waals surface area contributed by atoms with Gasteiger partial charge in [-0.1, -0.05) is 35.9 Å². The number of piperidine rings is 1. The number of nitrogens with zero attached hydrogens (tertiary/aromatic N) is 1. The summed E-state index contributed by atoms with van der Waals surface area (Å²) in [6, 6.07) is 11.2. The Morgan fingerprint density at radius 1 is 1.06 bits per heavy atom. The van der Waals surface area contributed by atoms with Crippen molar-refractivity contribution in [3.8, 4) is 0 Å². The first kappa shape index (κ1) is 24.9. The zero-order valence-corrected chi connectivity index (χ0v) is 20.1. The van der Waals surface area contributed by atoms with Crippen LogP contribution >= 0.6 is 11.6 Å². The molecule has 0 spiro atoms. The van der Waals surface area contributed by atoms with Crippen LogP contribution in [0.5, 0.6) is 0 Å². The van der Waals surface area contributed by atoms with Crippen LogP contribution in [0.4, 0.5) is 10.5 Å². The van der Waals surface area contributed by atoms with Gasteiger partial charge in [0.05, 0.1) is 0 Å². The Hall–Kier alpha value is -4.18. The normalized spacial score (nSPS) is 17.6. The maximum absolute atomic E-state index is 12.8. The number of imide groups is 2. The van der Waals surface area contributed by atoms with E-state index in [0.717, 1.165) is 27.7 Å². The molecule has 2 aliphatic rings. The Morgan fingerprint density at radius 3 is 2.47 bits per heavy atom. The smallest absolute Gasteiger partial charge is 0.315 e. The number of hydrogen-bond acceptors (Lipinski definition) is 6. The van der Waals surface area contributed by atoms with Crippen LogP contribution < -0.4 is 21.3 Å². The van der Waals surface area contributed by atoms with Crippen LogP contribution in [-0.4, -0.2) is 40.6 Å². The summed E-state index contributed by atoms with van der Waals surface area (Å²) >= 11 is 6.02. The molecule has 36 heavy (non-hydrogen) atoms. The minimum atomic E-state index is -1.02. The second-order valence-corrected chi connectivity index (χ2v) is 8.89. The fourth-order valence-corrected chi connectivity index (χ4v) is 4.07. The molecule has 0 aromatic heterocycles. The molecule has 1 fully saturated rings. The number of amides is 6. The van der Waals surface area contributed by atoms with E-state index in [1.54, 1.807) is 30.3 Å². The van der Waals surface area contributed by atoms with E-state index in [4.69, 9.17) is 11.6 Å². The maximum atomic E-state index is 12.8. The van der Waals surface area contributed by atoms with Gasteiger partial charge in [-0.2, -0.15) is 0 Å². The lowest BCUT2D eigenvalue weighted by atomic mass is 10.0. The summed E-state index contributed by atoms with van der Waals surface area (Å²) in [6.45, 7) is 2.47. The summed E-state index contributed by atoms with van der Waals surface area (Å²) in [5, 5.41) is 11.3. The minimum absolute atomic E-state index is 0.0193. The van der Waals surface area contributed by atoms with Crippen molar-refractivity contribution in [2.45, 2.75) is 38.9 Å². The molecule has 0 radical (unpaired) electrons. The van der Waals surface area contributed by atoms with Gasteiger partial charge in [-0.05, 0) is 48.2 Å². The predicted octanol–water partition coefficient (Wildman–Crippen LogP) is 2.12. The number of anilines is 1. The number of urea groups is 1. The molecule has 186 valence electrons. The van der Waals surface area contributed by atoms with E-state index in [0.29, 0.717) is 17.3 Å². The number of nitrogens with one attached hydrogen (secondary N) is 4. The van der Waals surface area contributed by atoms with Crippen molar-refractivity contribution < 1.29 is 24.0 Å². The third kappa shape index (κ3) is 5.72. The average molecular weight is 510 g/mol. The van der Waals surface area contributed by atoms with E-state index in [-0.39, 0.29) is 31.1 Å². The van der Waals surface area contributed by atoms with Crippen molar-refractivity contribution in [3.05, 3.63) is 76.0 Å². The zero-order valence-electron chi connectivity index (χ0n) is 19.4. The van der Waals surface area contributed by atoms with Gasteiger partial charge in [0.1, 0.15) is 11.7 Å². The molecule has 4 rings (SSSR count). The SMILES string of the molecule is Cc1cc(CNC(=O)NCc2cccc(NC3=CC(=O)N(C4CCC(=O)NC4=O)C3=O)c2)ccc1Cl. The van der Waals surface area contributed by atoms with Crippen LogP contribution in [0, 0.1) is 6.92 Å². The molecule has 11 heteroatoms. The molecule has 4 N–H and O–H groups in total. The Kier molecular flexibility index (Phi) is 7.35. The van der Waals surface area contributed by atoms with Gasteiger partial charge in [0.25, 0.3) is 11.8 Å². The molecule has 2 aliphatic heterocycles. The van der Waals surface area contributed by atoms with Gasteiger partial charge >= 0.3 is 6.03 Å². The van der Waals surface area contributed by atoms with E-state index in [2.05, 4.69) is 21.3 Å². The molecular weight excluding hydrogens is 486 g/mol. The summed E-state index contributed by atoms with van der Waals surface area (Å²) < 4.78 is 0. The molecule has 0 bridgehead atoms. The fraction of sp³-hybridized carbons (Fsp3) is 0.240. The van der Waals surface area contributed by atoms with Crippen LogP contribution in [0.1, 0.15) is 29.5 Å². The Balaban J connectivity index is 1.31. The number of aryl methyl sites for hydroxylation is 1. The number of halogens is 1. The van der Waals surface area contributed by atoms with Crippen molar-refractivity contribution in [3.63, 3.8) is 0 Å². The molecular formula is C25H24ClN5O5. The highest BCUT2D eigenvalue weighted by molar-refractivity contribution is 6.31. The summed E-state index contributed by atoms with van der Waals surface area (Å²) in [7, 11) is 0. The predicted molar refractivity (Wildman–Crippen MR) is 131 cm³/mol. The van der Waals surface area contributed by atoms with E-state index in [9.17, 15) is 24.0 Å².